The lowest BCUT2D eigenvalue weighted by atomic mass is 10.1. The average Bonchev–Trinajstić information content (AvgIpc) is 2.81. The summed E-state index contributed by atoms with van der Waals surface area (Å²) in [4.78, 5) is 11.0. The number of hydrogen-bond acceptors (Lipinski definition) is 1. The van der Waals surface area contributed by atoms with Crippen molar-refractivity contribution in [2.75, 3.05) is 0 Å². The van der Waals surface area contributed by atoms with Gasteiger partial charge in [0.15, 0.2) is 0 Å². The summed E-state index contributed by atoms with van der Waals surface area (Å²) in [6.07, 6.45) is 3.59. The van der Waals surface area contributed by atoms with E-state index in [0.717, 1.165) is 16.6 Å². The number of aromatic carboxylic acids is 1. The number of rotatable bonds is 2. The summed E-state index contributed by atoms with van der Waals surface area (Å²) >= 11 is 0. The third-order valence-corrected chi connectivity index (χ3v) is 3.19. The molecule has 0 aliphatic carbocycles. The summed E-state index contributed by atoms with van der Waals surface area (Å²) in [6, 6.07) is 13.9. The van der Waals surface area contributed by atoms with Crippen LogP contribution in [0, 0.1) is 6.92 Å². The second-order valence-corrected chi connectivity index (χ2v) is 4.65. The van der Waals surface area contributed by atoms with Crippen LogP contribution in [0.1, 0.15) is 15.9 Å². The van der Waals surface area contributed by atoms with E-state index in [9.17, 15) is 4.79 Å². The average molecular weight is 251 g/mol. The highest BCUT2D eigenvalue weighted by atomic mass is 16.4. The number of carboxylic acid groups (broad SMARTS) is 1. The molecule has 3 aromatic rings. The summed E-state index contributed by atoms with van der Waals surface area (Å²) in [5, 5.41) is 9.00. The Balaban J connectivity index is 2.13. The molecule has 0 bridgehead atoms. The minimum Gasteiger partial charge on any atom is -0.478 e. The maximum absolute atomic E-state index is 11.0. The number of carboxylic acids is 1. The Bertz CT molecular complexity index is 771. The van der Waals surface area contributed by atoms with E-state index in [4.69, 9.17) is 5.11 Å². The summed E-state index contributed by atoms with van der Waals surface area (Å²) < 4.78 is 1.85. The van der Waals surface area contributed by atoms with E-state index in [1.807, 2.05) is 28.8 Å². The summed E-state index contributed by atoms with van der Waals surface area (Å²) in [5.74, 6) is -0.902. The first-order chi connectivity index (χ1) is 9.13. The van der Waals surface area contributed by atoms with Crippen LogP contribution in [0.4, 0.5) is 0 Å². The SMILES string of the molecule is Cc1cccc(-c2ccc3cc(C(=O)O)cn3c2)c1. The Hall–Kier alpha value is -2.55. The van der Waals surface area contributed by atoms with Gasteiger partial charge in [0.1, 0.15) is 0 Å². The van der Waals surface area contributed by atoms with Gasteiger partial charge in [-0.25, -0.2) is 4.79 Å². The molecule has 0 aliphatic heterocycles. The van der Waals surface area contributed by atoms with Gasteiger partial charge in [-0.1, -0.05) is 35.9 Å². The Morgan fingerprint density at radius 2 is 1.89 bits per heavy atom. The molecule has 3 nitrogen and oxygen atoms in total. The molecule has 0 radical (unpaired) electrons. The molecule has 3 heteroatoms. The van der Waals surface area contributed by atoms with Crippen LogP contribution >= 0.6 is 0 Å². The van der Waals surface area contributed by atoms with Gasteiger partial charge in [-0.15, -0.1) is 0 Å². The minimum atomic E-state index is -0.902. The van der Waals surface area contributed by atoms with Gasteiger partial charge in [0.2, 0.25) is 0 Å². The molecule has 94 valence electrons. The van der Waals surface area contributed by atoms with Gasteiger partial charge in [-0.2, -0.15) is 0 Å². The molecular weight excluding hydrogens is 238 g/mol. The van der Waals surface area contributed by atoms with Gasteiger partial charge in [-0.05, 0) is 30.2 Å². The fraction of sp³-hybridized carbons (Fsp3) is 0.0625. The Morgan fingerprint density at radius 1 is 1.05 bits per heavy atom. The molecule has 1 N–H and O–H groups in total. The third kappa shape index (κ3) is 2.10. The molecule has 2 aromatic heterocycles. The predicted octanol–water partition coefficient (Wildman–Crippen LogP) is 3.61. The Labute approximate surface area is 110 Å². The molecular formula is C16H13NO2. The van der Waals surface area contributed by atoms with Gasteiger partial charge in [-0.3, -0.25) is 0 Å². The molecule has 0 unspecified atom stereocenters. The molecule has 19 heavy (non-hydrogen) atoms. The molecule has 0 fully saturated rings. The van der Waals surface area contributed by atoms with Crippen molar-refractivity contribution < 1.29 is 9.90 Å². The number of fused-ring (bicyclic) bond motifs is 1. The Morgan fingerprint density at radius 3 is 2.63 bits per heavy atom. The summed E-state index contributed by atoms with van der Waals surface area (Å²) in [5.41, 5.74) is 4.60. The van der Waals surface area contributed by atoms with Crippen molar-refractivity contribution in [3.05, 3.63) is 66.0 Å². The lowest BCUT2D eigenvalue weighted by Gasteiger charge is -2.04. The number of aromatic nitrogens is 1. The van der Waals surface area contributed by atoms with E-state index in [2.05, 4.69) is 25.1 Å². The number of hydrogen-bond donors (Lipinski definition) is 1. The summed E-state index contributed by atoms with van der Waals surface area (Å²) in [6.45, 7) is 2.06. The molecule has 3 rings (SSSR count). The lowest BCUT2D eigenvalue weighted by Crippen LogP contribution is -1.92. The molecule has 0 aliphatic rings. The molecule has 0 amide bonds. The van der Waals surface area contributed by atoms with Crippen LogP contribution in [0.25, 0.3) is 16.6 Å². The summed E-state index contributed by atoms with van der Waals surface area (Å²) in [7, 11) is 0. The van der Waals surface area contributed by atoms with E-state index < -0.39 is 5.97 Å². The first-order valence-corrected chi connectivity index (χ1v) is 6.05. The second-order valence-electron chi connectivity index (χ2n) is 4.65. The van der Waals surface area contributed by atoms with Crippen LogP contribution in [0.5, 0.6) is 0 Å². The van der Waals surface area contributed by atoms with Crippen molar-refractivity contribution in [3.8, 4) is 11.1 Å². The first kappa shape index (κ1) is 11.5. The van der Waals surface area contributed by atoms with Gasteiger partial charge >= 0.3 is 5.97 Å². The highest BCUT2D eigenvalue weighted by Crippen LogP contribution is 2.22. The van der Waals surface area contributed by atoms with Gasteiger partial charge < -0.3 is 9.51 Å². The zero-order chi connectivity index (χ0) is 13.4. The van der Waals surface area contributed by atoms with E-state index in [1.54, 1.807) is 12.3 Å². The monoisotopic (exact) mass is 251 g/mol. The lowest BCUT2D eigenvalue weighted by molar-refractivity contribution is 0.0697. The van der Waals surface area contributed by atoms with Crippen LogP contribution in [-0.2, 0) is 0 Å². The first-order valence-electron chi connectivity index (χ1n) is 6.05. The number of carbonyl (C=O) groups is 1. The van der Waals surface area contributed by atoms with Crippen LogP contribution in [0.2, 0.25) is 0 Å². The highest BCUT2D eigenvalue weighted by molar-refractivity contribution is 5.89. The molecule has 0 saturated carbocycles. The number of pyridine rings is 1. The zero-order valence-electron chi connectivity index (χ0n) is 10.5. The number of aryl methyl sites for hydroxylation is 1. The Kier molecular flexibility index (Phi) is 2.60. The van der Waals surface area contributed by atoms with E-state index in [-0.39, 0.29) is 0 Å². The smallest absolute Gasteiger partial charge is 0.337 e. The van der Waals surface area contributed by atoms with Gasteiger partial charge in [0.25, 0.3) is 0 Å². The predicted molar refractivity (Wildman–Crippen MR) is 74.5 cm³/mol. The molecule has 2 heterocycles. The van der Waals surface area contributed by atoms with Crippen molar-refractivity contribution in [2.24, 2.45) is 0 Å². The maximum atomic E-state index is 11.0. The topological polar surface area (TPSA) is 41.7 Å². The normalized spacial score (nSPS) is 10.8. The number of nitrogens with zero attached hydrogens (tertiary/aromatic N) is 1. The molecule has 0 spiro atoms. The van der Waals surface area contributed by atoms with Gasteiger partial charge in [0.05, 0.1) is 5.56 Å². The molecule has 0 atom stereocenters. The van der Waals surface area contributed by atoms with Crippen molar-refractivity contribution in [1.29, 1.82) is 0 Å². The van der Waals surface area contributed by atoms with Crippen LogP contribution < -0.4 is 0 Å². The maximum Gasteiger partial charge on any atom is 0.337 e. The zero-order valence-corrected chi connectivity index (χ0v) is 10.5. The van der Waals surface area contributed by atoms with E-state index in [1.165, 1.54) is 5.56 Å². The van der Waals surface area contributed by atoms with Crippen molar-refractivity contribution in [2.45, 2.75) is 6.92 Å². The fourth-order valence-electron chi connectivity index (χ4n) is 2.22. The highest BCUT2D eigenvalue weighted by Gasteiger charge is 2.07. The van der Waals surface area contributed by atoms with Crippen molar-refractivity contribution in [1.82, 2.24) is 4.40 Å². The van der Waals surface area contributed by atoms with Crippen molar-refractivity contribution >= 4 is 11.5 Å². The number of benzene rings is 1. The quantitative estimate of drug-likeness (QED) is 0.756. The van der Waals surface area contributed by atoms with E-state index in [0.29, 0.717) is 5.56 Å². The van der Waals surface area contributed by atoms with Crippen LogP contribution in [-0.4, -0.2) is 15.5 Å². The molecule has 0 saturated heterocycles. The van der Waals surface area contributed by atoms with Crippen molar-refractivity contribution in [3.63, 3.8) is 0 Å². The molecule has 1 aromatic carbocycles. The van der Waals surface area contributed by atoms with Crippen LogP contribution in [0.3, 0.4) is 0 Å². The standard InChI is InChI=1S/C16H13NO2/c1-11-3-2-4-12(7-11)13-5-6-15-8-14(16(18)19)10-17(15)9-13/h2-10H,1H3,(H,18,19). The van der Waals surface area contributed by atoms with Gasteiger partial charge in [0, 0.05) is 17.9 Å². The largest absolute Gasteiger partial charge is 0.478 e. The fourth-order valence-corrected chi connectivity index (χ4v) is 2.22. The second kappa shape index (κ2) is 4.28. The third-order valence-electron chi connectivity index (χ3n) is 3.19. The van der Waals surface area contributed by atoms with Crippen LogP contribution in [0.15, 0.2) is 54.9 Å². The minimum absolute atomic E-state index is 0.307. The van der Waals surface area contributed by atoms with E-state index >= 15 is 0 Å².